The number of aryl methyl sites for hydroxylation is 2. The Labute approximate surface area is 155 Å². The van der Waals surface area contributed by atoms with Crippen molar-refractivity contribution in [1.82, 2.24) is 19.3 Å². The van der Waals surface area contributed by atoms with E-state index < -0.39 is 10.0 Å². The predicted octanol–water partition coefficient (Wildman–Crippen LogP) is 2.16. The van der Waals surface area contributed by atoms with Crippen LogP contribution >= 0.6 is 11.3 Å². The molecular formula is C16H20N4O4S2. The number of aromatic nitrogens is 3. The summed E-state index contributed by atoms with van der Waals surface area (Å²) in [6.07, 6.45) is 0.805. The average Bonchev–Trinajstić information content (AvgIpc) is 3.15. The van der Waals surface area contributed by atoms with Gasteiger partial charge in [-0.2, -0.15) is 5.10 Å². The normalized spacial score (nSPS) is 11.8. The fourth-order valence-electron chi connectivity index (χ4n) is 2.51. The predicted molar refractivity (Wildman–Crippen MR) is 98.6 cm³/mol. The van der Waals surface area contributed by atoms with Crippen molar-refractivity contribution in [3.05, 3.63) is 34.6 Å². The van der Waals surface area contributed by atoms with Crippen LogP contribution in [0.3, 0.4) is 0 Å². The summed E-state index contributed by atoms with van der Waals surface area (Å²) in [6, 6.07) is 4.63. The zero-order valence-electron chi connectivity index (χ0n) is 14.9. The molecule has 1 aromatic carbocycles. The van der Waals surface area contributed by atoms with E-state index >= 15 is 0 Å². The van der Waals surface area contributed by atoms with E-state index in [1.165, 1.54) is 31.6 Å². The molecule has 0 atom stereocenters. The molecule has 26 heavy (non-hydrogen) atoms. The monoisotopic (exact) mass is 396 g/mol. The number of hydrogen-bond donors (Lipinski definition) is 1. The van der Waals surface area contributed by atoms with Crippen LogP contribution in [0.15, 0.2) is 23.1 Å². The van der Waals surface area contributed by atoms with Crippen molar-refractivity contribution < 1.29 is 17.9 Å². The number of imidazole rings is 1. The smallest absolute Gasteiger partial charge is 0.244 e. The molecule has 0 saturated carbocycles. The van der Waals surface area contributed by atoms with Crippen LogP contribution in [0.5, 0.6) is 11.5 Å². The number of rotatable bonds is 7. The van der Waals surface area contributed by atoms with Gasteiger partial charge in [0.05, 0.1) is 32.2 Å². The molecule has 1 N–H and O–H groups in total. The maximum atomic E-state index is 12.8. The third-order valence-electron chi connectivity index (χ3n) is 3.93. The molecular weight excluding hydrogens is 376 g/mol. The molecule has 0 aliphatic rings. The summed E-state index contributed by atoms with van der Waals surface area (Å²) in [4.78, 5) is 5.23. The largest absolute Gasteiger partial charge is 0.497 e. The van der Waals surface area contributed by atoms with Crippen LogP contribution in [0.1, 0.15) is 23.3 Å². The standard InChI is InChI=1S/C16H20N4O4S2/c1-5-15-19-20-12(10(2)18-16(20)25-15)9-17-26(21,22)14-8-11(23-3)6-7-13(14)24-4/h6-8,17H,5,9H2,1-4H3. The lowest BCUT2D eigenvalue weighted by atomic mass is 10.3. The van der Waals surface area contributed by atoms with E-state index in [0.717, 1.165) is 22.1 Å². The van der Waals surface area contributed by atoms with Crippen LogP contribution in [0, 0.1) is 6.92 Å². The Morgan fingerprint density at radius 3 is 2.69 bits per heavy atom. The van der Waals surface area contributed by atoms with Crippen molar-refractivity contribution in [2.45, 2.75) is 31.7 Å². The van der Waals surface area contributed by atoms with Crippen molar-refractivity contribution in [1.29, 1.82) is 0 Å². The molecule has 8 nitrogen and oxygen atoms in total. The van der Waals surface area contributed by atoms with Gasteiger partial charge < -0.3 is 9.47 Å². The number of fused-ring (bicyclic) bond motifs is 1. The second kappa shape index (κ2) is 7.22. The maximum Gasteiger partial charge on any atom is 0.244 e. The van der Waals surface area contributed by atoms with Crippen LogP contribution in [-0.4, -0.2) is 37.2 Å². The number of ether oxygens (including phenoxy) is 2. The SMILES string of the molecule is CCc1nn2c(CNS(=O)(=O)c3cc(OC)ccc3OC)c(C)nc2s1. The lowest BCUT2D eigenvalue weighted by Crippen LogP contribution is -2.25. The summed E-state index contributed by atoms with van der Waals surface area (Å²) in [5.74, 6) is 0.677. The van der Waals surface area contributed by atoms with Gasteiger partial charge in [0.25, 0.3) is 0 Å². The fraction of sp³-hybridized carbons (Fsp3) is 0.375. The van der Waals surface area contributed by atoms with Crippen LogP contribution in [0.2, 0.25) is 0 Å². The van der Waals surface area contributed by atoms with E-state index in [4.69, 9.17) is 9.47 Å². The van der Waals surface area contributed by atoms with Crippen LogP contribution in [0.4, 0.5) is 0 Å². The second-order valence-corrected chi connectivity index (χ2v) is 8.30. The fourth-order valence-corrected chi connectivity index (χ4v) is 4.58. The lowest BCUT2D eigenvalue weighted by molar-refractivity contribution is 0.392. The molecule has 2 heterocycles. The molecule has 140 valence electrons. The minimum absolute atomic E-state index is 0.0188. The van der Waals surface area contributed by atoms with E-state index in [9.17, 15) is 8.42 Å². The molecule has 3 rings (SSSR count). The number of nitrogens with one attached hydrogen (secondary N) is 1. The Kier molecular flexibility index (Phi) is 5.17. The Morgan fingerprint density at radius 2 is 2.04 bits per heavy atom. The first-order chi connectivity index (χ1) is 12.4. The highest BCUT2D eigenvalue weighted by Gasteiger charge is 2.22. The summed E-state index contributed by atoms with van der Waals surface area (Å²) in [7, 11) is -0.915. The van der Waals surface area contributed by atoms with E-state index in [1.807, 2.05) is 13.8 Å². The maximum absolute atomic E-state index is 12.8. The molecule has 0 unspecified atom stereocenters. The highest BCUT2D eigenvalue weighted by molar-refractivity contribution is 7.89. The Bertz CT molecular complexity index is 1040. The van der Waals surface area contributed by atoms with E-state index in [-0.39, 0.29) is 17.2 Å². The average molecular weight is 396 g/mol. The number of sulfonamides is 1. The van der Waals surface area contributed by atoms with Crippen molar-refractivity contribution in [2.75, 3.05) is 14.2 Å². The summed E-state index contributed by atoms with van der Waals surface area (Å²) < 4.78 is 40.2. The van der Waals surface area contributed by atoms with E-state index in [2.05, 4.69) is 14.8 Å². The van der Waals surface area contributed by atoms with Gasteiger partial charge in [0.15, 0.2) is 0 Å². The first kappa shape index (κ1) is 18.6. The van der Waals surface area contributed by atoms with Crippen molar-refractivity contribution in [2.24, 2.45) is 0 Å². The second-order valence-electron chi connectivity index (χ2n) is 5.53. The minimum atomic E-state index is -3.82. The first-order valence-electron chi connectivity index (χ1n) is 7.95. The van der Waals surface area contributed by atoms with Crippen molar-refractivity contribution in [3.8, 4) is 11.5 Å². The van der Waals surface area contributed by atoms with E-state index in [1.54, 1.807) is 16.6 Å². The summed E-state index contributed by atoms with van der Waals surface area (Å²) in [6.45, 7) is 3.92. The highest BCUT2D eigenvalue weighted by atomic mass is 32.2. The molecule has 0 saturated heterocycles. The molecule has 0 bridgehead atoms. The Morgan fingerprint density at radius 1 is 1.27 bits per heavy atom. The Hall–Kier alpha value is -2.17. The summed E-state index contributed by atoms with van der Waals surface area (Å²) in [5.41, 5.74) is 1.45. The number of methoxy groups -OCH3 is 2. The lowest BCUT2D eigenvalue weighted by Gasteiger charge is -2.12. The molecule has 0 aliphatic heterocycles. The topological polar surface area (TPSA) is 94.8 Å². The number of nitrogens with zero attached hydrogens (tertiary/aromatic N) is 3. The zero-order chi connectivity index (χ0) is 18.9. The van der Waals surface area contributed by atoms with Gasteiger partial charge in [-0.25, -0.2) is 22.6 Å². The van der Waals surface area contributed by atoms with Crippen molar-refractivity contribution >= 4 is 26.3 Å². The number of hydrogen-bond acceptors (Lipinski definition) is 7. The van der Waals surface area contributed by atoms with Gasteiger partial charge in [0, 0.05) is 6.07 Å². The molecule has 3 aromatic rings. The molecule has 0 fully saturated rings. The van der Waals surface area contributed by atoms with Gasteiger partial charge in [-0.15, -0.1) is 0 Å². The van der Waals surface area contributed by atoms with Gasteiger partial charge in [0.2, 0.25) is 15.0 Å². The third kappa shape index (κ3) is 3.39. The van der Waals surface area contributed by atoms with Gasteiger partial charge in [0.1, 0.15) is 21.4 Å². The Balaban J connectivity index is 1.92. The third-order valence-corrected chi connectivity index (χ3v) is 6.41. The van der Waals surface area contributed by atoms with Crippen molar-refractivity contribution in [3.63, 3.8) is 0 Å². The summed E-state index contributed by atoms with van der Waals surface area (Å²) in [5, 5.41) is 5.43. The molecule has 0 aliphatic carbocycles. The van der Waals surface area contributed by atoms with Gasteiger partial charge in [-0.1, -0.05) is 18.3 Å². The van der Waals surface area contributed by atoms with Crippen LogP contribution in [0.25, 0.3) is 4.96 Å². The van der Waals surface area contributed by atoms with E-state index in [0.29, 0.717) is 11.4 Å². The molecule has 0 amide bonds. The van der Waals surface area contributed by atoms with Crippen LogP contribution in [-0.2, 0) is 23.0 Å². The van der Waals surface area contributed by atoms with Crippen LogP contribution < -0.4 is 14.2 Å². The van der Waals surface area contributed by atoms with Gasteiger partial charge in [-0.05, 0) is 25.5 Å². The molecule has 0 spiro atoms. The summed E-state index contributed by atoms with van der Waals surface area (Å²) >= 11 is 1.50. The highest BCUT2D eigenvalue weighted by Crippen LogP contribution is 2.28. The molecule has 2 aromatic heterocycles. The zero-order valence-corrected chi connectivity index (χ0v) is 16.6. The first-order valence-corrected chi connectivity index (χ1v) is 10.2. The quantitative estimate of drug-likeness (QED) is 0.658. The minimum Gasteiger partial charge on any atom is -0.497 e. The molecule has 0 radical (unpaired) electrons. The number of benzene rings is 1. The van der Waals surface area contributed by atoms with Gasteiger partial charge in [-0.3, -0.25) is 0 Å². The van der Waals surface area contributed by atoms with Gasteiger partial charge >= 0.3 is 0 Å². The molecule has 10 heteroatoms.